The van der Waals surface area contributed by atoms with E-state index in [1.165, 1.54) is 32.4 Å². The molecule has 2 fully saturated rings. The van der Waals surface area contributed by atoms with E-state index in [2.05, 4.69) is 27.2 Å². The number of piperidine rings is 2. The van der Waals surface area contributed by atoms with E-state index in [0.717, 1.165) is 43.2 Å². The molecule has 0 saturated carbocycles. The first-order chi connectivity index (χ1) is 14.1. The maximum Gasteiger partial charge on any atom is 0.321 e. The standard InChI is InChI=1S/C22H32N6O/c1-17-9-12-27(13-10-17)14-18-4-3-11-28(15-18)22(29)24-20-7-5-19(6-8-20)21-23-16-26(2)25-21/h5-8,16-18H,3-4,9-15H2,1-2H3,(H,24,29). The van der Waals surface area contributed by atoms with Gasteiger partial charge in [0.25, 0.3) is 0 Å². The second kappa shape index (κ2) is 8.95. The number of urea groups is 1. The van der Waals surface area contributed by atoms with Gasteiger partial charge in [-0.3, -0.25) is 4.68 Å². The highest BCUT2D eigenvalue weighted by molar-refractivity contribution is 5.89. The molecule has 1 N–H and O–H groups in total. The fraction of sp³-hybridized carbons (Fsp3) is 0.591. The number of aromatic nitrogens is 3. The topological polar surface area (TPSA) is 66.3 Å². The molecule has 0 aliphatic carbocycles. The molecule has 1 unspecified atom stereocenters. The average Bonchev–Trinajstić information content (AvgIpc) is 3.17. The van der Waals surface area contributed by atoms with Crippen LogP contribution in [0.3, 0.4) is 0 Å². The van der Waals surface area contributed by atoms with Crippen molar-refractivity contribution in [3.8, 4) is 11.4 Å². The smallest absolute Gasteiger partial charge is 0.321 e. The first-order valence-corrected chi connectivity index (χ1v) is 10.8. The van der Waals surface area contributed by atoms with Crippen LogP contribution < -0.4 is 5.32 Å². The van der Waals surface area contributed by atoms with Crippen LogP contribution in [0.2, 0.25) is 0 Å². The number of hydrogen-bond donors (Lipinski definition) is 1. The molecule has 7 nitrogen and oxygen atoms in total. The van der Waals surface area contributed by atoms with E-state index in [9.17, 15) is 4.79 Å². The summed E-state index contributed by atoms with van der Waals surface area (Å²) < 4.78 is 1.68. The van der Waals surface area contributed by atoms with E-state index >= 15 is 0 Å². The van der Waals surface area contributed by atoms with Gasteiger partial charge in [-0.15, -0.1) is 0 Å². The van der Waals surface area contributed by atoms with Crippen LogP contribution in [-0.2, 0) is 7.05 Å². The van der Waals surface area contributed by atoms with Crippen molar-refractivity contribution >= 4 is 11.7 Å². The number of carbonyl (C=O) groups is 1. The van der Waals surface area contributed by atoms with Crippen molar-refractivity contribution in [1.29, 1.82) is 0 Å². The highest BCUT2D eigenvalue weighted by Gasteiger charge is 2.26. The van der Waals surface area contributed by atoms with Crippen molar-refractivity contribution < 1.29 is 4.79 Å². The molecule has 0 spiro atoms. The molecule has 7 heteroatoms. The molecule has 2 saturated heterocycles. The minimum Gasteiger partial charge on any atom is -0.324 e. The normalized spacial score (nSPS) is 21.3. The number of rotatable bonds is 4. The lowest BCUT2D eigenvalue weighted by Crippen LogP contribution is -2.46. The number of benzene rings is 1. The Morgan fingerprint density at radius 3 is 2.59 bits per heavy atom. The Labute approximate surface area is 173 Å². The van der Waals surface area contributed by atoms with Gasteiger partial charge in [0.05, 0.1) is 0 Å². The molecule has 4 rings (SSSR count). The van der Waals surface area contributed by atoms with E-state index in [4.69, 9.17) is 0 Å². The largest absolute Gasteiger partial charge is 0.324 e. The lowest BCUT2D eigenvalue weighted by Gasteiger charge is -2.37. The summed E-state index contributed by atoms with van der Waals surface area (Å²) in [5.74, 6) is 2.14. The van der Waals surface area contributed by atoms with E-state index in [0.29, 0.717) is 11.7 Å². The van der Waals surface area contributed by atoms with Crippen LogP contribution in [0.25, 0.3) is 11.4 Å². The molecular formula is C22H32N6O. The quantitative estimate of drug-likeness (QED) is 0.860. The Hall–Kier alpha value is -2.41. The van der Waals surface area contributed by atoms with E-state index in [1.54, 1.807) is 11.0 Å². The molecule has 2 aliphatic heterocycles. The van der Waals surface area contributed by atoms with Crippen LogP contribution in [0.1, 0.15) is 32.6 Å². The van der Waals surface area contributed by atoms with Gasteiger partial charge < -0.3 is 15.1 Å². The molecule has 1 atom stereocenters. The predicted octanol–water partition coefficient (Wildman–Crippen LogP) is 3.46. The number of anilines is 1. The third kappa shape index (κ3) is 5.15. The summed E-state index contributed by atoms with van der Waals surface area (Å²) in [6, 6.07) is 7.73. The second-order valence-corrected chi connectivity index (χ2v) is 8.69. The molecule has 0 radical (unpaired) electrons. The van der Waals surface area contributed by atoms with Crippen molar-refractivity contribution in [3.63, 3.8) is 0 Å². The summed E-state index contributed by atoms with van der Waals surface area (Å²) in [4.78, 5) is 21.6. The molecule has 2 aromatic rings. The SMILES string of the molecule is CC1CCN(CC2CCCN(C(=O)Nc3ccc(-c4ncn(C)n4)cc3)C2)CC1. The molecule has 156 valence electrons. The molecule has 1 aromatic heterocycles. The number of nitrogens with one attached hydrogen (secondary N) is 1. The van der Waals surface area contributed by atoms with Crippen LogP contribution in [0, 0.1) is 11.8 Å². The highest BCUT2D eigenvalue weighted by atomic mass is 16.2. The average molecular weight is 397 g/mol. The molecule has 29 heavy (non-hydrogen) atoms. The Morgan fingerprint density at radius 1 is 1.14 bits per heavy atom. The maximum absolute atomic E-state index is 12.8. The van der Waals surface area contributed by atoms with Crippen LogP contribution in [0.15, 0.2) is 30.6 Å². The first kappa shape index (κ1) is 19.9. The monoisotopic (exact) mass is 396 g/mol. The van der Waals surface area contributed by atoms with Gasteiger partial charge in [0, 0.05) is 37.9 Å². The third-order valence-corrected chi connectivity index (χ3v) is 6.19. The van der Waals surface area contributed by atoms with E-state index in [-0.39, 0.29) is 6.03 Å². The zero-order valence-corrected chi connectivity index (χ0v) is 17.5. The number of aryl methyl sites for hydroxylation is 1. The Morgan fingerprint density at radius 2 is 1.90 bits per heavy atom. The van der Waals surface area contributed by atoms with Crippen molar-refractivity contribution in [2.45, 2.75) is 32.6 Å². The molecule has 1 aromatic carbocycles. The van der Waals surface area contributed by atoms with Crippen LogP contribution in [-0.4, -0.2) is 63.3 Å². The van der Waals surface area contributed by atoms with Gasteiger partial charge in [0.1, 0.15) is 6.33 Å². The summed E-state index contributed by atoms with van der Waals surface area (Å²) in [5.41, 5.74) is 1.75. The van der Waals surface area contributed by atoms with Crippen molar-refractivity contribution in [2.75, 3.05) is 38.0 Å². The Kier molecular flexibility index (Phi) is 6.13. The summed E-state index contributed by atoms with van der Waals surface area (Å²) in [6.45, 7) is 7.59. The van der Waals surface area contributed by atoms with Crippen molar-refractivity contribution in [1.82, 2.24) is 24.6 Å². The molecule has 2 aliphatic rings. The van der Waals surface area contributed by atoms with Gasteiger partial charge >= 0.3 is 6.03 Å². The lowest BCUT2D eigenvalue weighted by molar-refractivity contribution is 0.124. The summed E-state index contributed by atoms with van der Waals surface area (Å²) in [5, 5.41) is 7.36. The minimum atomic E-state index is 0.00526. The molecule has 2 amide bonds. The predicted molar refractivity (Wildman–Crippen MR) is 115 cm³/mol. The van der Waals surface area contributed by atoms with Crippen LogP contribution in [0.4, 0.5) is 10.5 Å². The van der Waals surface area contributed by atoms with Crippen LogP contribution >= 0.6 is 0 Å². The number of amides is 2. The Bertz CT molecular complexity index is 809. The van der Waals surface area contributed by atoms with Gasteiger partial charge in [-0.05, 0) is 74.9 Å². The number of nitrogens with zero attached hydrogens (tertiary/aromatic N) is 5. The van der Waals surface area contributed by atoms with Crippen molar-refractivity contribution in [3.05, 3.63) is 30.6 Å². The molecule has 0 bridgehead atoms. The summed E-state index contributed by atoms with van der Waals surface area (Å²) in [7, 11) is 1.85. The van der Waals surface area contributed by atoms with Crippen LogP contribution in [0.5, 0.6) is 0 Å². The number of carbonyl (C=O) groups excluding carboxylic acids is 1. The highest BCUT2D eigenvalue weighted by Crippen LogP contribution is 2.23. The zero-order valence-electron chi connectivity index (χ0n) is 17.5. The van der Waals surface area contributed by atoms with Gasteiger partial charge in [-0.25, -0.2) is 9.78 Å². The fourth-order valence-electron chi connectivity index (χ4n) is 4.39. The second-order valence-electron chi connectivity index (χ2n) is 8.69. The summed E-state index contributed by atoms with van der Waals surface area (Å²) >= 11 is 0. The Balaban J connectivity index is 1.29. The van der Waals surface area contributed by atoms with Gasteiger partial charge in [0.15, 0.2) is 5.82 Å². The number of likely N-dealkylation sites (tertiary alicyclic amines) is 2. The summed E-state index contributed by atoms with van der Waals surface area (Å²) in [6.07, 6.45) is 6.61. The van der Waals surface area contributed by atoms with E-state index in [1.807, 2.05) is 36.2 Å². The minimum absolute atomic E-state index is 0.00526. The fourth-order valence-corrected chi connectivity index (χ4v) is 4.39. The zero-order chi connectivity index (χ0) is 20.2. The molecular weight excluding hydrogens is 364 g/mol. The van der Waals surface area contributed by atoms with Gasteiger partial charge in [-0.2, -0.15) is 5.10 Å². The number of hydrogen-bond acceptors (Lipinski definition) is 4. The van der Waals surface area contributed by atoms with Gasteiger partial charge in [0.2, 0.25) is 0 Å². The first-order valence-electron chi connectivity index (χ1n) is 10.8. The van der Waals surface area contributed by atoms with Gasteiger partial charge in [-0.1, -0.05) is 6.92 Å². The third-order valence-electron chi connectivity index (χ3n) is 6.19. The van der Waals surface area contributed by atoms with E-state index < -0.39 is 0 Å². The lowest BCUT2D eigenvalue weighted by atomic mass is 9.94. The van der Waals surface area contributed by atoms with Crippen molar-refractivity contribution in [2.24, 2.45) is 18.9 Å². The maximum atomic E-state index is 12.8. The molecule has 3 heterocycles.